The summed E-state index contributed by atoms with van der Waals surface area (Å²) in [5, 5.41) is 9.64. The molecule has 0 aromatic heterocycles. The van der Waals surface area contributed by atoms with Crippen molar-refractivity contribution in [2.75, 3.05) is 0 Å². The highest BCUT2D eigenvalue weighted by Gasteiger charge is 2.05. The summed E-state index contributed by atoms with van der Waals surface area (Å²) >= 11 is 0. The molecule has 1 N–H and O–H groups in total. The summed E-state index contributed by atoms with van der Waals surface area (Å²) in [6.07, 6.45) is 1.52. The number of aryl methyl sites for hydroxylation is 2. The van der Waals surface area contributed by atoms with E-state index in [2.05, 4.69) is 26.0 Å². The quantitative estimate of drug-likeness (QED) is 0.754. The highest BCUT2D eigenvalue weighted by Crippen LogP contribution is 2.19. The maximum atomic E-state index is 9.64. The van der Waals surface area contributed by atoms with Gasteiger partial charge in [-0.3, -0.25) is 0 Å². The molecule has 0 fully saturated rings. The second-order valence-electron chi connectivity index (χ2n) is 3.46. The summed E-state index contributed by atoms with van der Waals surface area (Å²) in [6.45, 7) is 6.25. The van der Waals surface area contributed by atoms with Crippen molar-refractivity contribution in [3.8, 4) is 0 Å². The lowest BCUT2D eigenvalue weighted by molar-refractivity contribution is 0.173. The topological polar surface area (TPSA) is 20.2 Å². The van der Waals surface area contributed by atoms with Gasteiger partial charge in [0.2, 0.25) is 0 Å². The Labute approximate surface area is 80.4 Å². The molecule has 0 aliphatic carbocycles. The smallest absolute Gasteiger partial charge is 0.0787 e. The van der Waals surface area contributed by atoms with Crippen LogP contribution in [0, 0.1) is 6.92 Å². The van der Waals surface area contributed by atoms with Gasteiger partial charge in [0.25, 0.3) is 0 Å². The number of aliphatic hydroxyl groups is 1. The van der Waals surface area contributed by atoms with Gasteiger partial charge in [-0.1, -0.05) is 32.0 Å². The third kappa shape index (κ3) is 2.31. The number of hydrogen-bond acceptors (Lipinski definition) is 1. The summed E-state index contributed by atoms with van der Waals surface area (Å²) in [7, 11) is 0. The Bertz CT molecular complexity index is 278. The molecule has 0 saturated heterocycles. The van der Waals surface area contributed by atoms with E-state index in [9.17, 15) is 5.11 Å². The van der Waals surface area contributed by atoms with Crippen LogP contribution in [0.15, 0.2) is 18.2 Å². The van der Waals surface area contributed by atoms with Crippen LogP contribution in [0.1, 0.15) is 43.1 Å². The van der Waals surface area contributed by atoms with Gasteiger partial charge in [0.1, 0.15) is 0 Å². The Kier molecular flexibility index (Phi) is 3.49. The number of rotatable bonds is 3. The van der Waals surface area contributed by atoms with E-state index >= 15 is 0 Å². The Hall–Kier alpha value is -0.820. The van der Waals surface area contributed by atoms with E-state index in [4.69, 9.17) is 0 Å². The van der Waals surface area contributed by atoms with Gasteiger partial charge in [-0.25, -0.2) is 0 Å². The van der Waals surface area contributed by atoms with E-state index in [0.717, 1.165) is 18.4 Å². The third-order valence-electron chi connectivity index (χ3n) is 2.53. The monoisotopic (exact) mass is 178 g/mol. The van der Waals surface area contributed by atoms with E-state index in [1.165, 1.54) is 11.1 Å². The third-order valence-corrected chi connectivity index (χ3v) is 2.53. The van der Waals surface area contributed by atoms with Crippen molar-refractivity contribution in [1.29, 1.82) is 0 Å². The molecule has 1 atom stereocenters. The molecule has 0 amide bonds. The van der Waals surface area contributed by atoms with Crippen molar-refractivity contribution in [3.63, 3.8) is 0 Å². The van der Waals surface area contributed by atoms with Crippen molar-refractivity contribution in [3.05, 3.63) is 34.9 Å². The van der Waals surface area contributed by atoms with Crippen molar-refractivity contribution in [2.45, 2.75) is 39.7 Å². The zero-order valence-corrected chi connectivity index (χ0v) is 8.67. The Morgan fingerprint density at radius 2 is 2.00 bits per heavy atom. The fraction of sp³-hybridized carbons (Fsp3) is 0.500. The zero-order valence-electron chi connectivity index (χ0n) is 8.67. The summed E-state index contributed by atoms with van der Waals surface area (Å²) in [4.78, 5) is 0. The molecule has 0 aliphatic rings. The van der Waals surface area contributed by atoms with Crippen LogP contribution in [0.2, 0.25) is 0 Å². The first-order valence-corrected chi connectivity index (χ1v) is 4.96. The van der Waals surface area contributed by atoms with Gasteiger partial charge in [0.05, 0.1) is 6.10 Å². The molecule has 0 unspecified atom stereocenters. The van der Waals surface area contributed by atoms with Crippen LogP contribution >= 0.6 is 0 Å². The van der Waals surface area contributed by atoms with E-state index < -0.39 is 0 Å². The van der Waals surface area contributed by atoms with Crippen LogP contribution in [-0.4, -0.2) is 5.11 Å². The highest BCUT2D eigenvalue weighted by molar-refractivity contribution is 5.32. The minimum absolute atomic E-state index is 0.300. The molecule has 1 rings (SSSR count). The number of aliphatic hydroxyl groups excluding tert-OH is 1. The average molecular weight is 178 g/mol. The average Bonchev–Trinajstić information content (AvgIpc) is 2.17. The van der Waals surface area contributed by atoms with Crippen LogP contribution in [0.4, 0.5) is 0 Å². The second kappa shape index (κ2) is 4.43. The first-order valence-electron chi connectivity index (χ1n) is 4.96. The molecule has 1 aromatic carbocycles. The first-order chi connectivity index (χ1) is 6.19. The van der Waals surface area contributed by atoms with Gasteiger partial charge in [0, 0.05) is 0 Å². The van der Waals surface area contributed by atoms with Crippen molar-refractivity contribution in [1.82, 2.24) is 0 Å². The molecule has 0 bridgehead atoms. The molecule has 0 heterocycles. The maximum Gasteiger partial charge on any atom is 0.0787 e. The lowest BCUT2D eigenvalue weighted by Crippen LogP contribution is -1.97. The van der Waals surface area contributed by atoms with Crippen LogP contribution in [-0.2, 0) is 6.42 Å². The van der Waals surface area contributed by atoms with E-state index in [1.807, 2.05) is 13.0 Å². The largest absolute Gasteiger partial charge is 0.388 e. The normalized spacial score (nSPS) is 12.9. The molecular weight excluding hydrogens is 160 g/mol. The number of hydrogen-bond donors (Lipinski definition) is 1. The van der Waals surface area contributed by atoms with Gasteiger partial charge >= 0.3 is 0 Å². The summed E-state index contributed by atoms with van der Waals surface area (Å²) in [5.74, 6) is 0. The predicted molar refractivity (Wildman–Crippen MR) is 55.8 cm³/mol. The van der Waals surface area contributed by atoms with E-state index in [0.29, 0.717) is 0 Å². The van der Waals surface area contributed by atoms with Gasteiger partial charge in [-0.2, -0.15) is 0 Å². The Morgan fingerprint density at radius 3 is 2.54 bits per heavy atom. The standard InChI is InChI=1S/C12H18O/c1-4-10-8-11(12(13)5-2)7-6-9(10)3/h6-8,12-13H,4-5H2,1-3H3/t12-/m1/s1. The molecule has 0 spiro atoms. The van der Waals surface area contributed by atoms with Gasteiger partial charge in [-0.05, 0) is 36.5 Å². The van der Waals surface area contributed by atoms with Crippen LogP contribution in [0.25, 0.3) is 0 Å². The van der Waals surface area contributed by atoms with E-state index in [-0.39, 0.29) is 6.10 Å². The van der Waals surface area contributed by atoms with Gasteiger partial charge < -0.3 is 5.11 Å². The highest BCUT2D eigenvalue weighted by atomic mass is 16.3. The SMILES string of the molecule is CCc1cc([C@H](O)CC)ccc1C. The second-order valence-corrected chi connectivity index (χ2v) is 3.46. The Balaban J connectivity index is 2.99. The minimum atomic E-state index is -0.300. The lowest BCUT2D eigenvalue weighted by Gasteiger charge is -2.11. The molecule has 0 aliphatic heterocycles. The van der Waals surface area contributed by atoms with Crippen molar-refractivity contribution < 1.29 is 5.11 Å². The summed E-state index contributed by atoms with van der Waals surface area (Å²) in [6, 6.07) is 6.22. The van der Waals surface area contributed by atoms with Crippen LogP contribution in [0.3, 0.4) is 0 Å². The molecule has 1 heteroatoms. The minimum Gasteiger partial charge on any atom is -0.388 e. The van der Waals surface area contributed by atoms with Crippen LogP contribution in [0.5, 0.6) is 0 Å². The molecule has 13 heavy (non-hydrogen) atoms. The first kappa shape index (κ1) is 10.3. The molecule has 1 aromatic rings. The molecule has 0 radical (unpaired) electrons. The van der Waals surface area contributed by atoms with Crippen LogP contribution < -0.4 is 0 Å². The number of benzene rings is 1. The van der Waals surface area contributed by atoms with Crippen molar-refractivity contribution in [2.24, 2.45) is 0 Å². The molecular formula is C12H18O. The Morgan fingerprint density at radius 1 is 1.31 bits per heavy atom. The molecule has 72 valence electrons. The fourth-order valence-corrected chi connectivity index (χ4v) is 1.52. The van der Waals surface area contributed by atoms with Gasteiger partial charge in [0.15, 0.2) is 0 Å². The fourth-order valence-electron chi connectivity index (χ4n) is 1.52. The lowest BCUT2D eigenvalue weighted by atomic mass is 9.99. The molecule has 1 nitrogen and oxygen atoms in total. The van der Waals surface area contributed by atoms with E-state index in [1.54, 1.807) is 0 Å². The summed E-state index contributed by atoms with van der Waals surface area (Å²) in [5.41, 5.74) is 3.70. The maximum absolute atomic E-state index is 9.64. The zero-order chi connectivity index (χ0) is 9.84. The van der Waals surface area contributed by atoms with Crippen molar-refractivity contribution >= 4 is 0 Å². The van der Waals surface area contributed by atoms with Gasteiger partial charge in [-0.15, -0.1) is 0 Å². The predicted octanol–water partition coefficient (Wildman–Crippen LogP) is 3.00. The summed E-state index contributed by atoms with van der Waals surface area (Å²) < 4.78 is 0. The molecule has 0 saturated carbocycles.